The zero-order valence-electron chi connectivity index (χ0n) is 17.9. The predicted octanol–water partition coefficient (Wildman–Crippen LogP) is -7.29. The molecule has 2 aliphatic heterocycles. The van der Waals surface area contributed by atoms with Crippen LogP contribution >= 0.6 is 0 Å². The van der Waals surface area contributed by atoms with Gasteiger partial charge in [0.1, 0.15) is 61.0 Å². The Morgan fingerprint density at radius 3 is 1.70 bits per heavy atom. The highest BCUT2D eigenvalue weighted by molar-refractivity contribution is 5.01. The van der Waals surface area contributed by atoms with Crippen LogP contribution in [0.25, 0.3) is 0 Å². The van der Waals surface area contributed by atoms with E-state index in [2.05, 4.69) is 0 Å². The smallest absolute Gasteiger partial charge is 0.187 e. The van der Waals surface area contributed by atoms with Crippen LogP contribution in [-0.4, -0.2) is 141 Å². The van der Waals surface area contributed by atoms with Crippen LogP contribution in [0, 0.1) is 0 Å². The molecule has 1 saturated carbocycles. The van der Waals surface area contributed by atoms with Gasteiger partial charge >= 0.3 is 0 Å². The Hall–Kier alpha value is -0.600. The van der Waals surface area contributed by atoms with Gasteiger partial charge in [0.2, 0.25) is 0 Å². The lowest BCUT2D eigenvalue weighted by Crippen LogP contribution is -2.68. The summed E-state index contributed by atoms with van der Waals surface area (Å²) in [6, 6.07) is -2.86. The SMILES string of the molecule is NC[C@@H]1O[C@H](O[C@@H]2[C@H](O)[C@@H](O[C@@H]3O[C@H](CO)[C@H](O)[C@H](N)[C@H]3O)[C@H](N)C[C@@H]2N)[C@H](O)[C@@H](O)[C@@H]1O. The molecule has 1 aliphatic carbocycles. The van der Waals surface area contributed by atoms with Gasteiger partial charge in [-0.2, -0.15) is 0 Å². The molecule has 15 atom stereocenters. The summed E-state index contributed by atoms with van der Waals surface area (Å²) in [5, 5.41) is 70.9. The third-order valence-corrected chi connectivity index (χ3v) is 6.48. The van der Waals surface area contributed by atoms with E-state index in [-0.39, 0.29) is 13.0 Å². The lowest BCUT2D eigenvalue weighted by Gasteiger charge is -2.48. The summed E-state index contributed by atoms with van der Waals surface area (Å²) < 4.78 is 22.2. The second kappa shape index (κ2) is 11.0. The molecule has 2 saturated heterocycles. The molecule has 0 unspecified atom stereocenters. The first-order valence-electron chi connectivity index (χ1n) is 10.8. The number of ether oxygens (including phenoxy) is 4. The second-order valence-corrected chi connectivity index (χ2v) is 8.79. The first kappa shape index (κ1) is 27.0. The van der Waals surface area contributed by atoms with Crippen LogP contribution in [0.4, 0.5) is 0 Å². The Morgan fingerprint density at radius 2 is 1.18 bits per heavy atom. The van der Waals surface area contributed by atoms with Gasteiger partial charge < -0.3 is 77.6 Å². The minimum Gasteiger partial charge on any atom is -0.394 e. The lowest BCUT2D eigenvalue weighted by molar-refractivity contribution is -0.332. The fraction of sp³-hybridized carbons (Fsp3) is 1.00. The van der Waals surface area contributed by atoms with Crippen LogP contribution in [0.5, 0.6) is 0 Å². The van der Waals surface area contributed by atoms with Crippen LogP contribution in [0.3, 0.4) is 0 Å². The Balaban J connectivity index is 1.72. The van der Waals surface area contributed by atoms with E-state index >= 15 is 0 Å². The molecule has 3 fully saturated rings. The van der Waals surface area contributed by atoms with Crippen LogP contribution in [-0.2, 0) is 18.9 Å². The molecule has 2 heterocycles. The summed E-state index contributed by atoms with van der Waals surface area (Å²) in [7, 11) is 0. The molecule has 3 aliphatic rings. The fourth-order valence-electron chi connectivity index (χ4n) is 4.40. The van der Waals surface area contributed by atoms with Crippen LogP contribution in [0.1, 0.15) is 6.42 Å². The maximum Gasteiger partial charge on any atom is 0.187 e. The van der Waals surface area contributed by atoms with Crippen molar-refractivity contribution in [1.82, 2.24) is 0 Å². The van der Waals surface area contributed by atoms with Gasteiger partial charge in [-0.1, -0.05) is 0 Å². The molecule has 3 rings (SSSR count). The fourth-order valence-corrected chi connectivity index (χ4v) is 4.40. The molecule has 0 aromatic carbocycles. The normalized spacial score (nSPS) is 53.7. The second-order valence-electron chi connectivity index (χ2n) is 8.79. The number of hydrogen-bond acceptors (Lipinski definition) is 15. The largest absolute Gasteiger partial charge is 0.394 e. The number of rotatable bonds is 6. The number of nitrogens with two attached hydrogens (primary N) is 4. The van der Waals surface area contributed by atoms with Crippen molar-refractivity contribution < 1.29 is 54.7 Å². The molecule has 0 spiro atoms. The summed E-state index contributed by atoms with van der Waals surface area (Å²) in [6.45, 7) is -0.763. The van der Waals surface area contributed by atoms with E-state index in [9.17, 15) is 35.7 Å². The van der Waals surface area contributed by atoms with Crippen molar-refractivity contribution in [1.29, 1.82) is 0 Å². The molecule has 0 radical (unpaired) electrons. The van der Waals surface area contributed by atoms with E-state index in [0.29, 0.717) is 0 Å². The van der Waals surface area contributed by atoms with Gasteiger partial charge in [0, 0.05) is 18.6 Å². The van der Waals surface area contributed by atoms with Gasteiger partial charge in [0.05, 0.1) is 12.6 Å². The molecular weight excluding hydrogens is 448 g/mol. The maximum absolute atomic E-state index is 10.9. The molecular formula is C18H36N4O11. The monoisotopic (exact) mass is 484 g/mol. The predicted molar refractivity (Wildman–Crippen MR) is 108 cm³/mol. The Morgan fingerprint density at radius 1 is 0.667 bits per heavy atom. The molecule has 15 N–H and O–H groups in total. The quantitative estimate of drug-likeness (QED) is 0.167. The van der Waals surface area contributed by atoms with Gasteiger partial charge in [0.25, 0.3) is 0 Å². The van der Waals surface area contributed by atoms with Crippen LogP contribution in [0.2, 0.25) is 0 Å². The maximum atomic E-state index is 10.9. The number of aliphatic hydroxyl groups excluding tert-OH is 7. The average Bonchev–Trinajstić information content (AvgIpc) is 2.79. The standard InChI is InChI=1S/C18H36N4O11/c19-2-6-10(25)12(27)13(28)18(30-6)33-16-5(21)1-4(20)15(14(16)29)32-17-11(26)8(22)9(24)7(3-23)31-17/h4-18,23-29H,1-3,19-22H2/t4-,5+,6+,7-,8+,9+,10-,11-,12+,13-,14-,15+,16+,17+,18-/m1/s1. The van der Waals surface area contributed by atoms with Gasteiger partial charge in [0.15, 0.2) is 12.6 Å². The van der Waals surface area contributed by atoms with Crippen molar-refractivity contribution >= 4 is 0 Å². The molecule has 0 aromatic rings. The van der Waals surface area contributed by atoms with Gasteiger partial charge in [-0.3, -0.25) is 0 Å². The topological polar surface area (TPSA) is 283 Å². The Labute approximate surface area is 189 Å². The lowest BCUT2D eigenvalue weighted by atomic mass is 9.84. The first-order valence-corrected chi connectivity index (χ1v) is 10.8. The van der Waals surface area contributed by atoms with E-state index in [1.807, 2.05) is 0 Å². The zero-order chi connectivity index (χ0) is 24.6. The summed E-state index contributed by atoms with van der Waals surface area (Å²) in [5.74, 6) is 0. The minimum absolute atomic E-state index is 0.0849. The van der Waals surface area contributed by atoms with Gasteiger partial charge in [-0.05, 0) is 6.42 Å². The molecule has 0 amide bonds. The first-order chi connectivity index (χ1) is 15.5. The number of aliphatic hydroxyl groups is 7. The third kappa shape index (κ3) is 5.32. The van der Waals surface area contributed by atoms with E-state index in [1.54, 1.807) is 0 Å². The Bertz CT molecular complexity index is 584. The molecule has 0 bridgehead atoms. The third-order valence-electron chi connectivity index (χ3n) is 6.48. The minimum atomic E-state index is -1.66. The highest BCUT2D eigenvalue weighted by atomic mass is 16.7. The summed E-state index contributed by atoms with van der Waals surface area (Å²) in [5.41, 5.74) is 23.5. The van der Waals surface area contributed by atoms with Crippen molar-refractivity contribution in [2.24, 2.45) is 22.9 Å². The van der Waals surface area contributed by atoms with Crippen molar-refractivity contribution in [3.8, 4) is 0 Å². The molecule has 15 heteroatoms. The summed E-state index contributed by atoms with van der Waals surface area (Å²) >= 11 is 0. The van der Waals surface area contributed by atoms with Crippen LogP contribution < -0.4 is 22.9 Å². The van der Waals surface area contributed by atoms with Crippen molar-refractivity contribution in [2.75, 3.05) is 13.2 Å². The highest BCUT2D eigenvalue weighted by Crippen LogP contribution is 2.31. The van der Waals surface area contributed by atoms with E-state index in [1.165, 1.54) is 0 Å². The van der Waals surface area contributed by atoms with Crippen LogP contribution in [0.15, 0.2) is 0 Å². The van der Waals surface area contributed by atoms with Crippen molar-refractivity contribution in [3.05, 3.63) is 0 Å². The van der Waals surface area contributed by atoms with Crippen molar-refractivity contribution in [2.45, 2.75) is 98.2 Å². The molecule has 0 aromatic heterocycles. The van der Waals surface area contributed by atoms with Gasteiger partial charge in [-0.25, -0.2) is 0 Å². The molecule has 33 heavy (non-hydrogen) atoms. The average molecular weight is 485 g/mol. The van der Waals surface area contributed by atoms with E-state index in [4.69, 9.17) is 41.9 Å². The zero-order valence-corrected chi connectivity index (χ0v) is 17.9. The highest BCUT2D eigenvalue weighted by Gasteiger charge is 2.51. The Kier molecular flexibility index (Phi) is 8.99. The summed E-state index contributed by atoms with van der Waals surface area (Å²) in [6.07, 6.45) is -16.5. The number of hydrogen-bond donors (Lipinski definition) is 11. The van der Waals surface area contributed by atoms with E-state index in [0.717, 1.165) is 0 Å². The molecule has 194 valence electrons. The summed E-state index contributed by atoms with van der Waals surface area (Å²) in [4.78, 5) is 0. The molecule has 15 nitrogen and oxygen atoms in total. The van der Waals surface area contributed by atoms with E-state index < -0.39 is 98.4 Å². The van der Waals surface area contributed by atoms with Gasteiger partial charge in [-0.15, -0.1) is 0 Å². The van der Waals surface area contributed by atoms with Crippen molar-refractivity contribution in [3.63, 3.8) is 0 Å².